The van der Waals surface area contributed by atoms with Crippen molar-refractivity contribution in [1.82, 2.24) is 10.6 Å². The number of hydrogen-bond acceptors (Lipinski definition) is 6. The number of thiophene rings is 1. The maximum atomic E-state index is 13.4. The van der Waals surface area contributed by atoms with E-state index in [1.165, 1.54) is 11.3 Å². The lowest BCUT2D eigenvalue weighted by molar-refractivity contribution is -0.143. The van der Waals surface area contributed by atoms with Crippen LogP contribution in [0.15, 0.2) is 96.4 Å². The first-order valence-electron chi connectivity index (χ1n) is 13.3. The predicted octanol–water partition coefficient (Wildman–Crippen LogP) is 5.50. The molecule has 0 fully saturated rings. The van der Waals surface area contributed by atoms with Crippen molar-refractivity contribution in [1.29, 1.82) is 0 Å². The maximum Gasteiger partial charge on any atom is 0.407 e. The van der Waals surface area contributed by atoms with Crippen LogP contribution in [0.3, 0.4) is 0 Å². The standard InChI is InChI=1S/C32H30N2O6S/c1-20(39-18-21-10-3-2-4-11-21)28(30(35)33-29(31(36)37)27-16-9-17-41-27)34-32(38)40-19-26-24-14-7-5-12-22(24)23-13-6-8-15-25(23)26/h2-17,20,26,28-29H,18-19H2,1H3,(H,33,35)(H,34,38)(H,36,37)/t20-,28+,29?/m0/s1. The van der Waals surface area contributed by atoms with Gasteiger partial charge in [0.1, 0.15) is 12.6 Å². The first kappa shape index (κ1) is 28.1. The van der Waals surface area contributed by atoms with Crippen molar-refractivity contribution in [3.8, 4) is 11.1 Å². The Morgan fingerprint density at radius 3 is 2.10 bits per heavy atom. The fourth-order valence-corrected chi connectivity index (χ4v) is 5.77. The number of carbonyl (C=O) groups excluding carboxylic acids is 2. The van der Waals surface area contributed by atoms with Gasteiger partial charge in [0.05, 0.1) is 12.7 Å². The number of alkyl carbamates (subject to hydrolysis) is 1. The topological polar surface area (TPSA) is 114 Å². The lowest BCUT2D eigenvalue weighted by atomic mass is 9.98. The number of amides is 2. The van der Waals surface area contributed by atoms with E-state index in [0.717, 1.165) is 27.8 Å². The van der Waals surface area contributed by atoms with Crippen LogP contribution in [0.1, 0.15) is 40.5 Å². The van der Waals surface area contributed by atoms with Crippen molar-refractivity contribution in [2.45, 2.75) is 37.6 Å². The van der Waals surface area contributed by atoms with Crippen molar-refractivity contribution < 1.29 is 29.0 Å². The van der Waals surface area contributed by atoms with Crippen LogP contribution in [0.2, 0.25) is 0 Å². The molecular formula is C32H30N2O6S. The second-order valence-electron chi connectivity index (χ2n) is 9.74. The minimum Gasteiger partial charge on any atom is -0.479 e. The van der Waals surface area contributed by atoms with Crippen LogP contribution < -0.4 is 10.6 Å². The first-order chi connectivity index (χ1) is 19.9. The molecule has 1 unspecified atom stereocenters. The van der Waals surface area contributed by atoms with Crippen molar-refractivity contribution >= 4 is 29.3 Å². The van der Waals surface area contributed by atoms with Gasteiger partial charge in [-0.3, -0.25) is 4.79 Å². The molecule has 3 atom stereocenters. The number of ether oxygens (including phenoxy) is 2. The largest absolute Gasteiger partial charge is 0.479 e. The molecule has 0 aliphatic heterocycles. The van der Waals surface area contributed by atoms with Gasteiger partial charge < -0.3 is 25.2 Å². The molecule has 210 valence electrons. The summed E-state index contributed by atoms with van der Waals surface area (Å²) in [4.78, 5) is 38.9. The van der Waals surface area contributed by atoms with Crippen LogP contribution in [0.4, 0.5) is 4.79 Å². The van der Waals surface area contributed by atoms with E-state index in [1.54, 1.807) is 24.4 Å². The average molecular weight is 571 g/mol. The molecule has 41 heavy (non-hydrogen) atoms. The lowest BCUT2D eigenvalue weighted by Crippen LogP contribution is -2.54. The molecule has 0 saturated heterocycles. The van der Waals surface area contributed by atoms with E-state index in [4.69, 9.17) is 9.47 Å². The smallest absolute Gasteiger partial charge is 0.407 e. The predicted molar refractivity (Wildman–Crippen MR) is 156 cm³/mol. The van der Waals surface area contributed by atoms with Gasteiger partial charge in [-0.05, 0) is 46.2 Å². The number of fused-ring (bicyclic) bond motifs is 3. The molecular weight excluding hydrogens is 540 g/mol. The summed E-state index contributed by atoms with van der Waals surface area (Å²) in [5, 5.41) is 16.7. The van der Waals surface area contributed by atoms with Crippen LogP contribution in [0, 0.1) is 0 Å². The number of carboxylic acids is 1. The van der Waals surface area contributed by atoms with Crippen LogP contribution in [0.5, 0.6) is 0 Å². The number of aliphatic carboxylic acids is 1. The lowest BCUT2D eigenvalue weighted by Gasteiger charge is -2.26. The number of carboxylic acid groups (broad SMARTS) is 1. The van der Waals surface area contributed by atoms with Gasteiger partial charge in [0.25, 0.3) is 0 Å². The number of carbonyl (C=O) groups is 3. The summed E-state index contributed by atoms with van der Waals surface area (Å²) in [5.41, 5.74) is 5.23. The Bertz CT molecular complexity index is 1460. The van der Waals surface area contributed by atoms with Gasteiger partial charge in [-0.2, -0.15) is 0 Å². The third-order valence-electron chi connectivity index (χ3n) is 7.09. The summed E-state index contributed by atoms with van der Waals surface area (Å²) in [6.07, 6.45) is -1.60. The summed E-state index contributed by atoms with van der Waals surface area (Å²) in [7, 11) is 0. The Morgan fingerprint density at radius 1 is 0.854 bits per heavy atom. The van der Waals surface area contributed by atoms with E-state index < -0.39 is 36.2 Å². The summed E-state index contributed by atoms with van der Waals surface area (Å²) >= 11 is 1.22. The van der Waals surface area contributed by atoms with Crippen LogP contribution in [0.25, 0.3) is 11.1 Å². The molecule has 0 radical (unpaired) electrons. The van der Waals surface area contributed by atoms with E-state index >= 15 is 0 Å². The van der Waals surface area contributed by atoms with Crippen molar-refractivity contribution in [3.05, 3.63) is 118 Å². The molecule has 0 bridgehead atoms. The summed E-state index contributed by atoms with van der Waals surface area (Å²) < 4.78 is 11.6. The Morgan fingerprint density at radius 2 is 1.49 bits per heavy atom. The Kier molecular flexibility index (Phi) is 8.76. The van der Waals surface area contributed by atoms with Crippen LogP contribution in [-0.2, 0) is 25.7 Å². The van der Waals surface area contributed by atoms with Gasteiger partial charge in [-0.1, -0.05) is 84.9 Å². The molecule has 1 aliphatic carbocycles. The van der Waals surface area contributed by atoms with E-state index in [-0.39, 0.29) is 19.1 Å². The summed E-state index contributed by atoms with van der Waals surface area (Å²) in [6.45, 7) is 1.92. The van der Waals surface area contributed by atoms with Crippen molar-refractivity contribution in [2.24, 2.45) is 0 Å². The van der Waals surface area contributed by atoms with Gasteiger partial charge in [0.2, 0.25) is 5.91 Å². The molecule has 5 rings (SSSR count). The van der Waals surface area contributed by atoms with Crippen molar-refractivity contribution in [2.75, 3.05) is 6.61 Å². The van der Waals surface area contributed by atoms with Crippen LogP contribution in [-0.4, -0.2) is 41.8 Å². The molecule has 3 aromatic carbocycles. The summed E-state index contributed by atoms with van der Waals surface area (Å²) in [6, 6.07) is 26.3. The zero-order valence-corrected chi connectivity index (χ0v) is 23.2. The third kappa shape index (κ3) is 6.48. The SMILES string of the molecule is C[C@H](OCc1ccccc1)[C@@H](NC(=O)OCC1c2ccccc2-c2ccccc21)C(=O)NC(C(=O)O)c1cccs1. The number of hydrogen-bond donors (Lipinski definition) is 3. The van der Waals surface area contributed by atoms with Gasteiger partial charge in [-0.15, -0.1) is 11.3 Å². The maximum absolute atomic E-state index is 13.4. The van der Waals surface area contributed by atoms with Gasteiger partial charge >= 0.3 is 12.1 Å². The highest BCUT2D eigenvalue weighted by molar-refractivity contribution is 7.10. The number of rotatable bonds is 11. The molecule has 1 heterocycles. The molecule has 4 aromatic rings. The van der Waals surface area contributed by atoms with Crippen molar-refractivity contribution in [3.63, 3.8) is 0 Å². The van der Waals surface area contributed by atoms with Crippen LogP contribution >= 0.6 is 11.3 Å². The van der Waals surface area contributed by atoms with E-state index in [2.05, 4.69) is 10.6 Å². The fourth-order valence-electron chi connectivity index (χ4n) is 5.00. The molecule has 3 N–H and O–H groups in total. The Hall–Kier alpha value is -4.47. The molecule has 1 aliphatic rings. The second kappa shape index (κ2) is 12.8. The average Bonchev–Trinajstić information content (AvgIpc) is 3.63. The third-order valence-corrected chi connectivity index (χ3v) is 8.02. The first-order valence-corrected chi connectivity index (χ1v) is 14.1. The fraction of sp³-hybridized carbons (Fsp3) is 0.219. The molecule has 0 spiro atoms. The zero-order chi connectivity index (χ0) is 28.8. The van der Waals surface area contributed by atoms with Gasteiger partial charge in [-0.25, -0.2) is 9.59 Å². The summed E-state index contributed by atoms with van der Waals surface area (Å²) in [5.74, 6) is -2.05. The number of benzene rings is 3. The Labute approximate surface area is 241 Å². The highest BCUT2D eigenvalue weighted by Gasteiger charge is 2.34. The van der Waals surface area contributed by atoms with E-state index in [0.29, 0.717) is 4.88 Å². The highest BCUT2D eigenvalue weighted by atomic mass is 32.1. The van der Waals surface area contributed by atoms with E-state index in [9.17, 15) is 19.5 Å². The molecule has 0 saturated carbocycles. The van der Waals surface area contributed by atoms with E-state index in [1.807, 2.05) is 78.9 Å². The monoisotopic (exact) mass is 570 g/mol. The highest BCUT2D eigenvalue weighted by Crippen LogP contribution is 2.44. The molecule has 9 heteroatoms. The molecule has 8 nitrogen and oxygen atoms in total. The van der Waals surface area contributed by atoms with Gasteiger partial charge in [0.15, 0.2) is 6.04 Å². The molecule has 2 amide bonds. The minimum absolute atomic E-state index is 0.0698. The quantitative estimate of drug-likeness (QED) is 0.219. The molecule has 1 aromatic heterocycles. The Balaban J connectivity index is 1.30. The normalized spacial score (nSPS) is 14.3. The number of nitrogens with one attached hydrogen (secondary N) is 2. The minimum atomic E-state index is -1.27. The van der Waals surface area contributed by atoms with Gasteiger partial charge in [0, 0.05) is 10.8 Å². The zero-order valence-electron chi connectivity index (χ0n) is 22.4. The second-order valence-corrected chi connectivity index (χ2v) is 10.7.